The highest BCUT2D eigenvalue weighted by atomic mass is 16.5. The average molecular weight is 423 g/mol. The van der Waals surface area contributed by atoms with Crippen molar-refractivity contribution >= 4 is 17.4 Å². The first-order chi connectivity index (χ1) is 14.7. The van der Waals surface area contributed by atoms with Crippen LogP contribution in [-0.2, 0) is 9.59 Å². The molecular weight excluding hydrogens is 392 g/mol. The van der Waals surface area contributed by atoms with Crippen LogP contribution in [0.15, 0.2) is 54.1 Å². The van der Waals surface area contributed by atoms with E-state index in [9.17, 15) is 14.7 Å². The van der Waals surface area contributed by atoms with E-state index in [4.69, 9.17) is 4.74 Å². The molecule has 0 spiro atoms. The van der Waals surface area contributed by atoms with Gasteiger partial charge in [-0.2, -0.15) is 0 Å². The van der Waals surface area contributed by atoms with Crippen LogP contribution in [0.2, 0.25) is 0 Å². The Labute approximate surface area is 183 Å². The second-order valence-corrected chi connectivity index (χ2v) is 8.35. The van der Waals surface area contributed by atoms with Gasteiger partial charge >= 0.3 is 0 Å². The predicted molar refractivity (Wildman–Crippen MR) is 121 cm³/mol. The lowest BCUT2D eigenvalue weighted by molar-refractivity contribution is -0.140. The number of aliphatic hydroxyl groups excluding tert-OH is 1. The number of carbonyl (C=O) groups excluding carboxylic acids is 2. The van der Waals surface area contributed by atoms with Crippen LogP contribution in [0.25, 0.3) is 5.76 Å². The van der Waals surface area contributed by atoms with Gasteiger partial charge in [0, 0.05) is 18.7 Å². The SMILES string of the molecule is Cc1ccccc1C1/C(=C(\O)c2cccc(OC(C)C)c2)C(=O)C(=O)N1CCN(C)C. The number of rotatable bonds is 7. The number of nitrogens with zero attached hydrogens (tertiary/aromatic N) is 2. The van der Waals surface area contributed by atoms with Crippen LogP contribution in [0.4, 0.5) is 0 Å². The molecule has 0 bridgehead atoms. The number of likely N-dealkylation sites (tertiary alicyclic amines) is 1. The van der Waals surface area contributed by atoms with Crippen LogP contribution in [0.3, 0.4) is 0 Å². The summed E-state index contributed by atoms with van der Waals surface area (Å²) in [5.41, 5.74) is 2.34. The standard InChI is InChI=1S/C25H30N2O4/c1-16(2)31-19-11-8-10-18(15-19)23(28)21-22(20-12-7-6-9-17(20)3)27(14-13-26(4)5)25(30)24(21)29/h6-12,15-16,22,28H,13-14H2,1-5H3/b23-21+. The molecule has 0 radical (unpaired) electrons. The zero-order chi connectivity index (χ0) is 22.7. The maximum atomic E-state index is 13.1. The zero-order valence-corrected chi connectivity index (χ0v) is 18.8. The summed E-state index contributed by atoms with van der Waals surface area (Å²) in [6, 6.07) is 14.0. The molecule has 0 aliphatic carbocycles. The molecule has 1 heterocycles. The molecule has 6 nitrogen and oxygen atoms in total. The van der Waals surface area contributed by atoms with Gasteiger partial charge < -0.3 is 19.6 Å². The molecular formula is C25H30N2O4. The number of ketones is 1. The van der Waals surface area contributed by atoms with E-state index in [1.165, 1.54) is 0 Å². The minimum absolute atomic E-state index is 0.0269. The number of carbonyl (C=O) groups is 2. The van der Waals surface area contributed by atoms with Gasteiger partial charge in [0.1, 0.15) is 11.5 Å². The number of aryl methyl sites for hydroxylation is 1. The Bertz CT molecular complexity index is 1010. The van der Waals surface area contributed by atoms with Crippen molar-refractivity contribution in [2.45, 2.75) is 32.9 Å². The fraction of sp³-hybridized carbons (Fsp3) is 0.360. The van der Waals surface area contributed by atoms with E-state index in [1.54, 1.807) is 29.2 Å². The molecule has 1 aliphatic heterocycles. The third kappa shape index (κ3) is 4.80. The topological polar surface area (TPSA) is 70.1 Å². The van der Waals surface area contributed by atoms with Crippen molar-refractivity contribution < 1.29 is 19.4 Å². The molecule has 0 saturated carbocycles. The highest BCUT2D eigenvalue weighted by molar-refractivity contribution is 6.46. The zero-order valence-electron chi connectivity index (χ0n) is 18.8. The number of ether oxygens (including phenoxy) is 1. The predicted octanol–water partition coefficient (Wildman–Crippen LogP) is 3.77. The molecule has 1 amide bonds. The monoisotopic (exact) mass is 422 g/mol. The number of benzene rings is 2. The summed E-state index contributed by atoms with van der Waals surface area (Å²) in [5.74, 6) is -0.854. The summed E-state index contributed by atoms with van der Waals surface area (Å²) >= 11 is 0. The van der Waals surface area contributed by atoms with Gasteiger partial charge in [-0.1, -0.05) is 36.4 Å². The third-order valence-corrected chi connectivity index (χ3v) is 5.29. The number of amides is 1. The summed E-state index contributed by atoms with van der Waals surface area (Å²) < 4.78 is 5.73. The Hall–Kier alpha value is -3.12. The minimum Gasteiger partial charge on any atom is -0.507 e. The van der Waals surface area contributed by atoms with Gasteiger partial charge in [0.25, 0.3) is 11.7 Å². The van der Waals surface area contributed by atoms with E-state index in [2.05, 4.69) is 0 Å². The lowest BCUT2D eigenvalue weighted by Gasteiger charge is -2.27. The lowest BCUT2D eigenvalue weighted by Crippen LogP contribution is -2.35. The van der Waals surface area contributed by atoms with Crippen LogP contribution in [0.1, 0.15) is 36.6 Å². The molecule has 1 atom stereocenters. The summed E-state index contributed by atoms with van der Waals surface area (Å²) in [6.45, 7) is 6.76. The Balaban J connectivity index is 2.14. The quantitative estimate of drug-likeness (QED) is 0.418. The molecule has 164 valence electrons. The normalized spacial score (nSPS) is 18.3. The fourth-order valence-electron chi connectivity index (χ4n) is 3.78. The van der Waals surface area contributed by atoms with Crippen LogP contribution >= 0.6 is 0 Å². The van der Waals surface area contributed by atoms with Crippen molar-refractivity contribution in [3.8, 4) is 5.75 Å². The van der Waals surface area contributed by atoms with Gasteiger partial charge in [-0.05, 0) is 58.1 Å². The van der Waals surface area contributed by atoms with E-state index in [-0.39, 0.29) is 17.4 Å². The molecule has 1 unspecified atom stereocenters. The molecule has 2 aromatic carbocycles. The van der Waals surface area contributed by atoms with E-state index in [0.29, 0.717) is 24.4 Å². The summed E-state index contributed by atoms with van der Waals surface area (Å²) in [7, 11) is 3.83. The van der Waals surface area contributed by atoms with Gasteiger partial charge in [0.2, 0.25) is 0 Å². The number of Topliss-reactive ketones (excluding diaryl/α,β-unsaturated/α-hetero) is 1. The van der Waals surface area contributed by atoms with E-state index < -0.39 is 17.7 Å². The summed E-state index contributed by atoms with van der Waals surface area (Å²) in [6.07, 6.45) is -0.0269. The average Bonchev–Trinajstić information content (AvgIpc) is 2.96. The number of likely N-dealkylation sites (N-methyl/N-ethyl adjacent to an activating group) is 1. The van der Waals surface area contributed by atoms with Gasteiger partial charge in [0.05, 0.1) is 17.7 Å². The summed E-state index contributed by atoms with van der Waals surface area (Å²) in [5, 5.41) is 11.2. The Morgan fingerprint density at radius 2 is 1.84 bits per heavy atom. The Kier molecular flexibility index (Phi) is 6.81. The molecule has 1 saturated heterocycles. The number of aliphatic hydroxyl groups is 1. The van der Waals surface area contributed by atoms with Crippen LogP contribution in [-0.4, -0.2) is 59.9 Å². The number of hydrogen-bond acceptors (Lipinski definition) is 5. The maximum absolute atomic E-state index is 13.1. The molecule has 1 fully saturated rings. The smallest absolute Gasteiger partial charge is 0.295 e. The highest BCUT2D eigenvalue weighted by Crippen LogP contribution is 2.40. The van der Waals surface area contributed by atoms with Crippen molar-refractivity contribution in [1.82, 2.24) is 9.80 Å². The van der Waals surface area contributed by atoms with Crippen LogP contribution in [0.5, 0.6) is 5.75 Å². The van der Waals surface area contributed by atoms with Crippen molar-refractivity contribution in [2.24, 2.45) is 0 Å². The van der Waals surface area contributed by atoms with E-state index in [1.807, 2.05) is 64.0 Å². The molecule has 1 N–H and O–H groups in total. The van der Waals surface area contributed by atoms with Gasteiger partial charge in [-0.3, -0.25) is 9.59 Å². The van der Waals surface area contributed by atoms with Crippen LogP contribution in [0, 0.1) is 6.92 Å². The van der Waals surface area contributed by atoms with Crippen molar-refractivity contribution in [3.05, 3.63) is 70.8 Å². The van der Waals surface area contributed by atoms with Gasteiger partial charge in [-0.15, -0.1) is 0 Å². The minimum atomic E-state index is -0.667. The molecule has 2 aromatic rings. The highest BCUT2D eigenvalue weighted by Gasteiger charge is 2.46. The Morgan fingerprint density at radius 3 is 2.48 bits per heavy atom. The third-order valence-electron chi connectivity index (χ3n) is 5.29. The van der Waals surface area contributed by atoms with E-state index >= 15 is 0 Å². The van der Waals surface area contributed by atoms with Crippen molar-refractivity contribution in [1.29, 1.82) is 0 Å². The molecule has 31 heavy (non-hydrogen) atoms. The lowest BCUT2D eigenvalue weighted by atomic mass is 9.92. The second kappa shape index (κ2) is 9.35. The molecule has 0 aromatic heterocycles. The first-order valence-corrected chi connectivity index (χ1v) is 10.5. The fourth-order valence-corrected chi connectivity index (χ4v) is 3.78. The molecule has 6 heteroatoms. The molecule has 3 rings (SSSR count). The Morgan fingerprint density at radius 1 is 1.13 bits per heavy atom. The van der Waals surface area contributed by atoms with E-state index in [0.717, 1.165) is 11.1 Å². The van der Waals surface area contributed by atoms with Gasteiger partial charge in [0.15, 0.2) is 0 Å². The maximum Gasteiger partial charge on any atom is 0.295 e. The first kappa shape index (κ1) is 22.6. The van der Waals surface area contributed by atoms with Crippen molar-refractivity contribution in [3.63, 3.8) is 0 Å². The van der Waals surface area contributed by atoms with Crippen LogP contribution < -0.4 is 4.74 Å². The summed E-state index contributed by atoms with van der Waals surface area (Å²) in [4.78, 5) is 29.6. The van der Waals surface area contributed by atoms with Gasteiger partial charge in [-0.25, -0.2) is 0 Å². The van der Waals surface area contributed by atoms with Crippen molar-refractivity contribution in [2.75, 3.05) is 27.2 Å². The second-order valence-electron chi connectivity index (χ2n) is 8.35. The number of hydrogen-bond donors (Lipinski definition) is 1. The molecule has 1 aliphatic rings. The largest absolute Gasteiger partial charge is 0.507 e. The first-order valence-electron chi connectivity index (χ1n) is 10.5.